The summed E-state index contributed by atoms with van der Waals surface area (Å²) in [5.74, 6) is -0.272. The van der Waals surface area contributed by atoms with Crippen LogP contribution in [0.1, 0.15) is 30.1 Å². The van der Waals surface area contributed by atoms with Crippen molar-refractivity contribution in [1.82, 2.24) is 15.5 Å². The van der Waals surface area contributed by atoms with Gasteiger partial charge in [0.2, 0.25) is 5.91 Å². The number of hydrogen-bond acceptors (Lipinski definition) is 4. The van der Waals surface area contributed by atoms with Gasteiger partial charge < -0.3 is 10.6 Å². The molecular formula is C21H22ClFN4O2. The zero-order chi connectivity index (χ0) is 19.7. The van der Waals surface area contributed by atoms with Gasteiger partial charge in [0, 0.05) is 23.1 Å². The molecule has 0 aliphatic carbocycles. The van der Waals surface area contributed by atoms with Crippen molar-refractivity contribution in [3.05, 3.63) is 47.8 Å². The van der Waals surface area contributed by atoms with Gasteiger partial charge in [0.1, 0.15) is 5.82 Å². The Morgan fingerprint density at radius 2 is 2.03 bits per heavy atom. The number of hydrogen-bond donors (Lipinski definition) is 3. The summed E-state index contributed by atoms with van der Waals surface area (Å²) in [4.78, 5) is 24.2. The summed E-state index contributed by atoms with van der Waals surface area (Å²) in [6.07, 6.45) is 1.81. The maximum Gasteiger partial charge on any atom is 0.229 e. The van der Waals surface area contributed by atoms with Gasteiger partial charge in [0.25, 0.3) is 0 Å². The molecule has 0 saturated carbocycles. The van der Waals surface area contributed by atoms with E-state index in [1.165, 1.54) is 19.1 Å². The predicted molar refractivity (Wildman–Crippen MR) is 113 cm³/mol. The van der Waals surface area contributed by atoms with Crippen LogP contribution in [0, 0.1) is 11.7 Å². The lowest BCUT2D eigenvalue weighted by molar-refractivity contribution is -0.120. The number of nitrogens with zero attached hydrogens (tertiary/aromatic N) is 1. The number of ketones is 1. The second-order valence-electron chi connectivity index (χ2n) is 7.12. The summed E-state index contributed by atoms with van der Waals surface area (Å²) in [5, 5.41) is 13.9. The number of nitrogens with one attached hydrogen (secondary N) is 3. The van der Waals surface area contributed by atoms with Gasteiger partial charge in [0.15, 0.2) is 11.6 Å². The molecule has 1 saturated heterocycles. The number of rotatable bonds is 4. The molecule has 1 aromatic heterocycles. The van der Waals surface area contributed by atoms with Gasteiger partial charge in [-0.05, 0) is 62.2 Å². The van der Waals surface area contributed by atoms with Crippen LogP contribution in [-0.4, -0.2) is 35.0 Å². The predicted octanol–water partition coefficient (Wildman–Crippen LogP) is 3.93. The van der Waals surface area contributed by atoms with E-state index in [1.807, 2.05) is 0 Å². The number of carbonyl (C=O) groups is 2. The Bertz CT molecular complexity index is 1060. The Morgan fingerprint density at radius 3 is 2.76 bits per heavy atom. The zero-order valence-electron chi connectivity index (χ0n) is 15.9. The van der Waals surface area contributed by atoms with Crippen LogP contribution in [0.5, 0.6) is 0 Å². The molecule has 1 atom stereocenters. The number of amides is 1. The van der Waals surface area contributed by atoms with Crippen LogP contribution in [0.4, 0.5) is 10.2 Å². The standard InChI is InChI=1S/C21H21FN4O2.ClH/c1-12(27)13-4-6-18(22)16(9-13)14-5-7-19-17(10-14)20(26-25-19)24-21(28)15-3-2-8-23-11-15;/h4-7,9-10,15,23H,2-3,8,11H2,1H3,(H2,24,25,26,28);1H/t15-;/m1./s1. The molecule has 152 valence electrons. The first-order chi connectivity index (χ1) is 13.5. The number of anilines is 1. The molecule has 0 radical (unpaired) electrons. The van der Waals surface area contributed by atoms with Gasteiger partial charge >= 0.3 is 0 Å². The Kier molecular flexibility index (Phi) is 6.30. The number of Topliss-reactive ketones (excluding diaryl/α,β-unsaturated/α-hetero) is 1. The fourth-order valence-electron chi connectivity index (χ4n) is 3.54. The Morgan fingerprint density at radius 1 is 1.21 bits per heavy atom. The molecule has 4 rings (SSSR count). The summed E-state index contributed by atoms with van der Waals surface area (Å²) >= 11 is 0. The van der Waals surface area contributed by atoms with Crippen LogP contribution >= 0.6 is 12.4 Å². The largest absolute Gasteiger partial charge is 0.316 e. The van der Waals surface area contributed by atoms with Crippen molar-refractivity contribution in [2.24, 2.45) is 5.92 Å². The summed E-state index contributed by atoms with van der Waals surface area (Å²) in [7, 11) is 0. The topological polar surface area (TPSA) is 86.9 Å². The van der Waals surface area contributed by atoms with Crippen molar-refractivity contribution in [2.75, 3.05) is 18.4 Å². The van der Waals surface area contributed by atoms with Crippen LogP contribution in [0.15, 0.2) is 36.4 Å². The average molecular weight is 417 g/mol. The van der Waals surface area contributed by atoms with E-state index in [1.54, 1.807) is 24.3 Å². The molecular weight excluding hydrogens is 395 g/mol. The molecule has 8 heteroatoms. The Hall–Kier alpha value is -2.77. The minimum Gasteiger partial charge on any atom is -0.316 e. The van der Waals surface area contributed by atoms with Crippen molar-refractivity contribution in [2.45, 2.75) is 19.8 Å². The lowest BCUT2D eigenvalue weighted by atomic mass is 9.98. The second kappa shape index (κ2) is 8.71. The van der Waals surface area contributed by atoms with Gasteiger partial charge in [-0.15, -0.1) is 12.4 Å². The van der Waals surface area contributed by atoms with E-state index in [0.717, 1.165) is 24.9 Å². The summed E-state index contributed by atoms with van der Waals surface area (Å²) in [6.45, 7) is 3.04. The number of piperidine rings is 1. The Balaban J connectivity index is 0.00000240. The molecule has 1 aliphatic heterocycles. The van der Waals surface area contributed by atoms with Gasteiger partial charge in [-0.2, -0.15) is 5.10 Å². The number of benzene rings is 2. The minimum atomic E-state index is -0.410. The first kappa shape index (κ1) is 21.0. The first-order valence-corrected chi connectivity index (χ1v) is 9.33. The third kappa shape index (κ3) is 4.31. The van der Waals surface area contributed by atoms with Crippen LogP contribution < -0.4 is 10.6 Å². The smallest absolute Gasteiger partial charge is 0.229 e. The monoisotopic (exact) mass is 416 g/mol. The molecule has 1 fully saturated rings. The van der Waals surface area contributed by atoms with Crippen LogP contribution in [0.25, 0.3) is 22.0 Å². The lowest BCUT2D eigenvalue weighted by Gasteiger charge is -2.21. The molecule has 6 nitrogen and oxygen atoms in total. The highest BCUT2D eigenvalue weighted by Gasteiger charge is 2.22. The van der Waals surface area contributed by atoms with E-state index >= 15 is 0 Å². The number of halogens is 2. The molecule has 2 heterocycles. The number of H-pyrrole nitrogens is 1. The fraction of sp³-hybridized carbons (Fsp3) is 0.286. The van der Waals surface area contributed by atoms with Crippen LogP contribution in [0.3, 0.4) is 0 Å². The third-order valence-electron chi connectivity index (χ3n) is 5.16. The van der Waals surface area contributed by atoms with Crippen molar-refractivity contribution < 1.29 is 14.0 Å². The highest BCUT2D eigenvalue weighted by atomic mass is 35.5. The van der Waals surface area contributed by atoms with E-state index in [2.05, 4.69) is 20.8 Å². The highest BCUT2D eigenvalue weighted by Crippen LogP contribution is 2.30. The normalized spacial score (nSPS) is 16.3. The van der Waals surface area contributed by atoms with E-state index in [4.69, 9.17) is 0 Å². The van der Waals surface area contributed by atoms with Gasteiger partial charge in [0.05, 0.1) is 11.4 Å². The quantitative estimate of drug-likeness (QED) is 0.562. The molecule has 3 N–H and O–H groups in total. The van der Waals surface area contributed by atoms with Gasteiger partial charge in [-0.25, -0.2) is 4.39 Å². The maximum atomic E-state index is 14.4. The molecule has 1 amide bonds. The molecule has 3 aromatic rings. The SMILES string of the molecule is CC(=O)c1ccc(F)c(-c2ccc3[nH]nc(NC(=O)[C@@H]4CCCNC4)c3c2)c1.Cl. The van der Waals surface area contributed by atoms with Crippen molar-refractivity contribution in [3.63, 3.8) is 0 Å². The highest BCUT2D eigenvalue weighted by molar-refractivity contribution is 6.02. The van der Waals surface area contributed by atoms with E-state index in [9.17, 15) is 14.0 Å². The van der Waals surface area contributed by atoms with Gasteiger partial charge in [-0.1, -0.05) is 6.07 Å². The van der Waals surface area contributed by atoms with E-state index in [-0.39, 0.29) is 30.0 Å². The van der Waals surface area contributed by atoms with E-state index < -0.39 is 5.82 Å². The molecule has 2 aromatic carbocycles. The molecule has 29 heavy (non-hydrogen) atoms. The first-order valence-electron chi connectivity index (χ1n) is 9.33. The van der Waals surface area contributed by atoms with E-state index in [0.29, 0.717) is 34.4 Å². The van der Waals surface area contributed by atoms with Crippen molar-refractivity contribution in [3.8, 4) is 11.1 Å². The molecule has 0 unspecified atom stereocenters. The zero-order valence-corrected chi connectivity index (χ0v) is 16.7. The second-order valence-corrected chi connectivity index (χ2v) is 7.12. The minimum absolute atomic E-state index is 0. The van der Waals surface area contributed by atoms with Crippen LogP contribution in [-0.2, 0) is 4.79 Å². The summed E-state index contributed by atoms with van der Waals surface area (Å²) in [6, 6.07) is 9.64. The maximum absolute atomic E-state index is 14.4. The number of carbonyl (C=O) groups excluding carboxylic acids is 2. The third-order valence-corrected chi connectivity index (χ3v) is 5.16. The molecule has 1 aliphatic rings. The average Bonchev–Trinajstić information content (AvgIpc) is 3.11. The lowest BCUT2D eigenvalue weighted by Crippen LogP contribution is -2.37. The fourth-order valence-corrected chi connectivity index (χ4v) is 3.54. The molecule has 0 bridgehead atoms. The van der Waals surface area contributed by atoms with Crippen molar-refractivity contribution >= 4 is 40.8 Å². The van der Waals surface area contributed by atoms with Crippen molar-refractivity contribution in [1.29, 1.82) is 0 Å². The van der Waals surface area contributed by atoms with Gasteiger partial charge in [-0.3, -0.25) is 14.7 Å². The summed E-state index contributed by atoms with van der Waals surface area (Å²) in [5.41, 5.74) is 2.14. The Labute approximate surface area is 173 Å². The number of aromatic nitrogens is 2. The van der Waals surface area contributed by atoms with Crippen LogP contribution in [0.2, 0.25) is 0 Å². The number of aromatic amines is 1. The summed E-state index contributed by atoms with van der Waals surface area (Å²) < 4.78 is 14.4. The number of fused-ring (bicyclic) bond motifs is 1. The molecule has 0 spiro atoms.